The molecule has 1 aromatic carbocycles. The van der Waals surface area contributed by atoms with Crippen molar-refractivity contribution in [2.75, 3.05) is 19.4 Å². The van der Waals surface area contributed by atoms with Crippen molar-refractivity contribution in [3.8, 4) is 11.4 Å². The Labute approximate surface area is 155 Å². The standard InChI is InChI=1S/C18H19N5O2S/c1-25-16-7-5-15(6-8-16)23-13-21-22-18(23)26-12-17(24)20-11-9-14-4-2-3-10-19-14/h2-8,10,13H,9,11-12H2,1H3,(H,20,24). The van der Waals surface area contributed by atoms with E-state index in [-0.39, 0.29) is 11.7 Å². The molecular weight excluding hydrogens is 350 g/mol. The Bertz CT molecular complexity index is 836. The number of ether oxygens (including phenoxy) is 1. The van der Waals surface area contributed by atoms with E-state index in [1.165, 1.54) is 11.8 Å². The summed E-state index contributed by atoms with van der Waals surface area (Å²) in [5.74, 6) is 1.01. The first-order chi connectivity index (χ1) is 12.8. The molecule has 134 valence electrons. The summed E-state index contributed by atoms with van der Waals surface area (Å²) in [5.41, 5.74) is 1.87. The lowest BCUT2D eigenvalue weighted by Gasteiger charge is -2.08. The fraction of sp³-hybridized carbons (Fsp3) is 0.222. The Kier molecular flexibility index (Phi) is 6.21. The number of hydrogen-bond donors (Lipinski definition) is 1. The van der Waals surface area contributed by atoms with Gasteiger partial charge in [0.2, 0.25) is 5.91 Å². The molecule has 1 N–H and O–H groups in total. The van der Waals surface area contributed by atoms with Gasteiger partial charge >= 0.3 is 0 Å². The lowest BCUT2D eigenvalue weighted by Crippen LogP contribution is -2.27. The van der Waals surface area contributed by atoms with Crippen molar-refractivity contribution in [3.05, 3.63) is 60.7 Å². The van der Waals surface area contributed by atoms with Gasteiger partial charge in [0.05, 0.1) is 12.9 Å². The van der Waals surface area contributed by atoms with Crippen molar-refractivity contribution >= 4 is 17.7 Å². The highest BCUT2D eigenvalue weighted by atomic mass is 32.2. The summed E-state index contributed by atoms with van der Waals surface area (Å²) >= 11 is 1.34. The third-order valence-corrected chi connectivity index (χ3v) is 4.57. The van der Waals surface area contributed by atoms with Crippen LogP contribution in [0.25, 0.3) is 5.69 Å². The van der Waals surface area contributed by atoms with Gasteiger partial charge in [-0.05, 0) is 36.4 Å². The second-order valence-corrected chi connectivity index (χ2v) is 6.33. The summed E-state index contributed by atoms with van der Waals surface area (Å²) in [4.78, 5) is 16.3. The van der Waals surface area contributed by atoms with Crippen LogP contribution in [0.4, 0.5) is 0 Å². The van der Waals surface area contributed by atoms with Crippen molar-refractivity contribution < 1.29 is 9.53 Å². The quantitative estimate of drug-likeness (QED) is 0.613. The first-order valence-electron chi connectivity index (χ1n) is 8.10. The van der Waals surface area contributed by atoms with Gasteiger partial charge in [-0.25, -0.2) is 0 Å². The number of hydrogen-bond acceptors (Lipinski definition) is 6. The summed E-state index contributed by atoms with van der Waals surface area (Å²) in [6, 6.07) is 13.3. The zero-order valence-electron chi connectivity index (χ0n) is 14.3. The summed E-state index contributed by atoms with van der Waals surface area (Å²) in [6.07, 6.45) is 4.08. The van der Waals surface area contributed by atoms with Crippen molar-refractivity contribution in [2.24, 2.45) is 0 Å². The van der Waals surface area contributed by atoms with Gasteiger partial charge in [0, 0.05) is 30.5 Å². The minimum Gasteiger partial charge on any atom is -0.497 e. The molecule has 0 bridgehead atoms. The van der Waals surface area contributed by atoms with Crippen molar-refractivity contribution in [1.82, 2.24) is 25.1 Å². The lowest BCUT2D eigenvalue weighted by molar-refractivity contribution is -0.118. The van der Waals surface area contributed by atoms with Crippen molar-refractivity contribution in [3.63, 3.8) is 0 Å². The van der Waals surface area contributed by atoms with Crippen molar-refractivity contribution in [1.29, 1.82) is 0 Å². The summed E-state index contributed by atoms with van der Waals surface area (Å²) in [7, 11) is 1.63. The summed E-state index contributed by atoms with van der Waals surface area (Å²) in [5, 5.41) is 11.6. The molecule has 0 saturated heterocycles. The number of benzene rings is 1. The zero-order valence-corrected chi connectivity index (χ0v) is 15.1. The smallest absolute Gasteiger partial charge is 0.230 e. The van der Waals surface area contributed by atoms with Gasteiger partial charge in [-0.3, -0.25) is 14.3 Å². The average molecular weight is 369 g/mol. The molecule has 0 unspecified atom stereocenters. The van der Waals surface area contributed by atoms with E-state index in [0.29, 0.717) is 18.1 Å². The van der Waals surface area contributed by atoms with E-state index in [1.807, 2.05) is 47.0 Å². The predicted octanol–water partition coefficient (Wildman–Crippen LogP) is 2.12. The van der Waals surface area contributed by atoms with Crippen LogP contribution in [0, 0.1) is 0 Å². The van der Waals surface area contributed by atoms with Gasteiger partial charge < -0.3 is 10.1 Å². The molecule has 0 aliphatic rings. The van der Waals surface area contributed by atoms with Crippen LogP contribution in [0.3, 0.4) is 0 Å². The van der Waals surface area contributed by atoms with Gasteiger partial charge in [0.15, 0.2) is 5.16 Å². The van der Waals surface area contributed by atoms with E-state index < -0.39 is 0 Å². The van der Waals surface area contributed by atoms with Crippen LogP contribution in [0.5, 0.6) is 5.75 Å². The fourth-order valence-corrected chi connectivity index (χ4v) is 3.06. The second-order valence-electron chi connectivity index (χ2n) is 5.39. The van der Waals surface area contributed by atoms with Crippen molar-refractivity contribution in [2.45, 2.75) is 11.6 Å². The minimum atomic E-state index is -0.0461. The van der Waals surface area contributed by atoms with Crippen LogP contribution >= 0.6 is 11.8 Å². The Balaban J connectivity index is 1.50. The number of thioether (sulfide) groups is 1. The maximum Gasteiger partial charge on any atom is 0.230 e. The van der Waals surface area contributed by atoms with Crippen LogP contribution in [0.2, 0.25) is 0 Å². The molecule has 0 spiro atoms. The molecule has 0 atom stereocenters. The number of rotatable bonds is 8. The van der Waals surface area contributed by atoms with E-state index in [1.54, 1.807) is 19.6 Å². The summed E-state index contributed by atoms with van der Waals surface area (Å²) in [6.45, 7) is 0.557. The lowest BCUT2D eigenvalue weighted by atomic mass is 10.3. The first-order valence-corrected chi connectivity index (χ1v) is 9.08. The van der Waals surface area contributed by atoms with Crippen LogP contribution in [-0.4, -0.2) is 45.1 Å². The highest BCUT2D eigenvalue weighted by Crippen LogP contribution is 2.21. The molecule has 0 radical (unpaired) electrons. The number of nitrogens with zero attached hydrogens (tertiary/aromatic N) is 4. The number of nitrogens with one attached hydrogen (secondary N) is 1. The zero-order chi connectivity index (χ0) is 18.2. The molecule has 2 aromatic heterocycles. The Hall–Kier alpha value is -2.87. The van der Waals surface area contributed by atoms with E-state index >= 15 is 0 Å². The van der Waals surface area contributed by atoms with E-state index in [9.17, 15) is 4.79 Å². The Morgan fingerprint density at radius 3 is 2.81 bits per heavy atom. The van der Waals surface area contributed by atoms with Crippen LogP contribution in [0.15, 0.2) is 60.1 Å². The average Bonchev–Trinajstić information content (AvgIpc) is 3.16. The molecule has 0 aliphatic carbocycles. The predicted molar refractivity (Wildman–Crippen MR) is 99.6 cm³/mol. The molecular formula is C18H19N5O2S. The van der Waals surface area contributed by atoms with Gasteiger partial charge in [-0.15, -0.1) is 10.2 Å². The Morgan fingerprint density at radius 1 is 1.23 bits per heavy atom. The number of aromatic nitrogens is 4. The number of carbonyl (C=O) groups is 1. The second kappa shape index (κ2) is 9.00. The number of carbonyl (C=O) groups excluding carboxylic acids is 1. The third kappa shape index (κ3) is 4.82. The van der Waals surface area contributed by atoms with E-state index in [4.69, 9.17) is 4.74 Å². The first kappa shape index (κ1) is 17.9. The molecule has 0 aliphatic heterocycles. The van der Waals surface area contributed by atoms with Gasteiger partial charge in [-0.1, -0.05) is 17.8 Å². The largest absolute Gasteiger partial charge is 0.497 e. The van der Waals surface area contributed by atoms with Gasteiger partial charge in [0.25, 0.3) is 0 Å². The molecule has 0 fully saturated rings. The molecule has 8 heteroatoms. The molecule has 2 heterocycles. The van der Waals surface area contributed by atoms with Gasteiger partial charge in [0.1, 0.15) is 12.1 Å². The number of amides is 1. The Morgan fingerprint density at radius 2 is 2.08 bits per heavy atom. The minimum absolute atomic E-state index is 0.0461. The summed E-state index contributed by atoms with van der Waals surface area (Å²) < 4.78 is 7.00. The highest BCUT2D eigenvalue weighted by molar-refractivity contribution is 7.99. The monoisotopic (exact) mass is 369 g/mol. The molecule has 1 amide bonds. The van der Waals surface area contributed by atoms with E-state index in [2.05, 4.69) is 20.5 Å². The fourth-order valence-electron chi connectivity index (χ4n) is 2.30. The normalized spacial score (nSPS) is 10.5. The number of pyridine rings is 1. The third-order valence-electron chi connectivity index (χ3n) is 3.63. The van der Waals surface area contributed by atoms with Crippen LogP contribution < -0.4 is 10.1 Å². The maximum absolute atomic E-state index is 12.0. The van der Waals surface area contributed by atoms with E-state index in [0.717, 1.165) is 17.1 Å². The van der Waals surface area contributed by atoms with Crippen LogP contribution in [0.1, 0.15) is 5.69 Å². The molecule has 3 rings (SSSR count). The molecule has 26 heavy (non-hydrogen) atoms. The van der Waals surface area contributed by atoms with Crippen LogP contribution in [-0.2, 0) is 11.2 Å². The molecule has 7 nitrogen and oxygen atoms in total. The topological polar surface area (TPSA) is 81.9 Å². The highest BCUT2D eigenvalue weighted by Gasteiger charge is 2.10. The SMILES string of the molecule is COc1ccc(-n2cnnc2SCC(=O)NCCc2ccccn2)cc1. The molecule has 3 aromatic rings. The number of methoxy groups -OCH3 is 1. The maximum atomic E-state index is 12.0. The molecule has 0 saturated carbocycles. The van der Waals surface area contributed by atoms with Gasteiger partial charge in [-0.2, -0.15) is 0 Å².